The molecular formula is C17H18N4OS2. The average Bonchev–Trinajstić information content (AvgIpc) is 3.21. The summed E-state index contributed by atoms with van der Waals surface area (Å²) in [6, 6.07) is 8.17. The Hall–Kier alpha value is -1.99. The van der Waals surface area contributed by atoms with Crippen LogP contribution in [0.2, 0.25) is 0 Å². The van der Waals surface area contributed by atoms with Crippen molar-refractivity contribution >= 4 is 49.1 Å². The number of carbonyl (C=O) groups excluding carboxylic acids is 1. The first-order valence-corrected chi connectivity index (χ1v) is 9.66. The lowest BCUT2D eigenvalue weighted by Gasteiger charge is -2.31. The fourth-order valence-electron chi connectivity index (χ4n) is 2.98. The van der Waals surface area contributed by atoms with Gasteiger partial charge < -0.3 is 10.2 Å². The molecule has 0 radical (unpaired) electrons. The van der Waals surface area contributed by atoms with E-state index in [2.05, 4.69) is 21.3 Å². The van der Waals surface area contributed by atoms with E-state index in [1.807, 2.05) is 25.1 Å². The van der Waals surface area contributed by atoms with Gasteiger partial charge in [-0.25, -0.2) is 9.97 Å². The van der Waals surface area contributed by atoms with Gasteiger partial charge in [0.15, 0.2) is 10.3 Å². The van der Waals surface area contributed by atoms with Crippen LogP contribution in [0.25, 0.3) is 10.2 Å². The van der Waals surface area contributed by atoms with Crippen LogP contribution in [0, 0.1) is 12.8 Å². The Labute approximate surface area is 148 Å². The SMILES string of the molecule is Cc1cnc(NC(=O)[C@H]2CCCN(c3nc4ccccc4s3)C2)s1. The Balaban J connectivity index is 1.47. The summed E-state index contributed by atoms with van der Waals surface area (Å²) in [4.78, 5) is 24.8. The van der Waals surface area contributed by atoms with Crippen LogP contribution in [0.1, 0.15) is 17.7 Å². The van der Waals surface area contributed by atoms with Gasteiger partial charge >= 0.3 is 0 Å². The minimum atomic E-state index is -0.0185. The van der Waals surface area contributed by atoms with Crippen LogP contribution in [-0.4, -0.2) is 29.0 Å². The van der Waals surface area contributed by atoms with Crippen LogP contribution in [0.15, 0.2) is 30.5 Å². The van der Waals surface area contributed by atoms with Gasteiger partial charge in [-0.2, -0.15) is 0 Å². The maximum absolute atomic E-state index is 12.5. The molecule has 3 aromatic rings. The third-order valence-electron chi connectivity index (χ3n) is 4.20. The molecule has 0 saturated carbocycles. The van der Waals surface area contributed by atoms with Gasteiger partial charge in [0.05, 0.1) is 16.1 Å². The van der Waals surface area contributed by atoms with Gasteiger partial charge in [-0.3, -0.25) is 4.79 Å². The number of anilines is 2. The topological polar surface area (TPSA) is 58.1 Å². The molecule has 0 bridgehead atoms. The number of rotatable bonds is 3. The molecule has 0 aliphatic carbocycles. The molecule has 0 unspecified atom stereocenters. The molecule has 1 aliphatic rings. The zero-order valence-corrected chi connectivity index (χ0v) is 15.0. The number of thiazole rings is 2. The molecule has 0 spiro atoms. The highest BCUT2D eigenvalue weighted by Gasteiger charge is 2.27. The van der Waals surface area contributed by atoms with Crippen molar-refractivity contribution < 1.29 is 4.79 Å². The highest BCUT2D eigenvalue weighted by atomic mass is 32.1. The number of fused-ring (bicyclic) bond motifs is 1. The van der Waals surface area contributed by atoms with Crippen molar-refractivity contribution in [3.8, 4) is 0 Å². The lowest BCUT2D eigenvalue weighted by molar-refractivity contribution is -0.120. The van der Waals surface area contributed by atoms with Gasteiger partial charge in [0.2, 0.25) is 5.91 Å². The Bertz CT molecular complexity index is 839. The Morgan fingerprint density at radius 1 is 1.33 bits per heavy atom. The van der Waals surface area contributed by atoms with Crippen molar-refractivity contribution in [1.29, 1.82) is 0 Å². The zero-order chi connectivity index (χ0) is 16.5. The lowest BCUT2D eigenvalue weighted by Crippen LogP contribution is -2.40. The molecule has 3 heterocycles. The summed E-state index contributed by atoms with van der Waals surface area (Å²) in [5, 5.41) is 4.66. The van der Waals surface area contributed by atoms with E-state index >= 15 is 0 Å². The minimum absolute atomic E-state index is 0.0185. The molecule has 1 atom stereocenters. The maximum atomic E-state index is 12.5. The van der Waals surface area contributed by atoms with E-state index < -0.39 is 0 Å². The molecule has 1 N–H and O–H groups in total. The number of nitrogens with one attached hydrogen (secondary N) is 1. The van der Waals surface area contributed by atoms with E-state index in [0.717, 1.165) is 41.5 Å². The summed E-state index contributed by atoms with van der Waals surface area (Å²) in [5.41, 5.74) is 1.03. The number of carbonyl (C=O) groups is 1. The molecular weight excluding hydrogens is 340 g/mol. The first kappa shape index (κ1) is 15.5. The highest BCUT2D eigenvalue weighted by molar-refractivity contribution is 7.22. The lowest BCUT2D eigenvalue weighted by atomic mass is 9.97. The van der Waals surface area contributed by atoms with Crippen molar-refractivity contribution in [2.75, 3.05) is 23.3 Å². The number of para-hydroxylation sites is 1. The predicted octanol–water partition coefficient (Wildman–Crippen LogP) is 3.92. The second-order valence-corrected chi connectivity index (χ2v) is 8.26. The molecule has 4 rings (SSSR count). The number of aromatic nitrogens is 2. The summed E-state index contributed by atoms with van der Waals surface area (Å²) >= 11 is 3.21. The minimum Gasteiger partial charge on any atom is -0.347 e. The highest BCUT2D eigenvalue weighted by Crippen LogP contribution is 2.31. The average molecular weight is 358 g/mol. The van der Waals surface area contributed by atoms with Crippen molar-refractivity contribution in [2.24, 2.45) is 5.92 Å². The van der Waals surface area contributed by atoms with E-state index in [0.29, 0.717) is 5.13 Å². The number of hydrogen-bond acceptors (Lipinski definition) is 6. The monoisotopic (exact) mass is 358 g/mol. The summed E-state index contributed by atoms with van der Waals surface area (Å²) < 4.78 is 1.19. The molecule has 1 aromatic carbocycles. The summed E-state index contributed by atoms with van der Waals surface area (Å²) in [5.74, 6) is 0.0464. The van der Waals surface area contributed by atoms with Crippen LogP contribution >= 0.6 is 22.7 Å². The predicted molar refractivity (Wildman–Crippen MR) is 100 cm³/mol. The molecule has 24 heavy (non-hydrogen) atoms. The van der Waals surface area contributed by atoms with Crippen molar-refractivity contribution in [3.63, 3.8) is 0 Å². The third kappa shape index (κ3) is 3.14. The molecule has 1 fully saturated rings. The van der Waals surface area contributed by atoms with Crippen LogP contribution in [-0.2, 0) is 4.79 Å². The van der Waals surface area contributed by atoms with E-state index in [1.54, 1.807) is 17.5 Å². The van der Waals surface area contributed by atoms with Crippen LogP contribution < -0.4 is 10.2 Å². The number of amides is 1. The Morgan fingerprint density at radius 2 is 2.21 bits per heavy atom. The number of benzene rings is 1. The molecule has 7 heteroatoms. The quantitative estimate of drug-likeness (QED) is 0.771. The first-order valence-electron chi connectivity index (χ1n) is 8.03. The second-order valence-electron chi connectivity index (χ2n) is 6.01. The smallest absolute Gasteiger partial charge is 0.231 e. The number of aryl methyl sites for hydroxylation is 1. The van der Waals surface area contributed by atoms with Gasteiger partial charge in [-0.05, 0) is 31.9 Å². The summed E-state index contributed by atoms with van der Waals surface area (Å²) in [7, 11) is 0. The van der Waals surface area contributed by atoms with Crippen molar-refractivity contribution in [2.45, 2.75) is 19.8 Å². The van der Waals surface area contributed by atoms with E-state index in [1.165, 1.54) is 16.0 Å². The zero-order valence-electron chi connectivity index (χ0n) is 13.4. The maximum Gasteiger partial charge on any atom is 0.231 e. The largest absolute Gasteiger partial charge is 0.347 e. The van der Waals surface area contributed by atoms with E-state index in [4.69, 9.17) is 4.98 Å². The van der Waals surface area contributed by atoms with Gasteiger partial charge in [-0.15, -0.1) is 11.3 Å². The summed E-state index contributed by atoms with van der Waals surface area (Å²) in [6.45, 7) is 3.67. The van der Waals surface area contributed by atoms with Gasteiger partial charge in [0.25, 0.3) is 0 Å². The summed E-state index contributed by atoms with van der Waals surface area (Å²) in [6.07, 6.45) is 3.71. The molecule has 124 valence electrons. The van der Waals surface area contributed by atoms with Crippen LogP contribution in [0.4, 0.5) is 10.3 Å². The van der Waals surface area contributed by atoms with Gasteiger partial charge in [-0.1, -0.05) is 23.5 Å². The van der Waals surface area contributed by atoms with E-state index in [-0.39, 0.29) is 11.8 Å². The first-order chi connectivity index (χ1) is 11.7. The second kappa shape index (κ2) is 6.49. The van der Waals surface area contributed by atoms with E-state index in [9.17, 15) is 4.79 Å². The number of nitrogens with zero attached hydrogens (tertiary/aromatic N) is 3. The number of piperidine rings is 1. The van der Waals surface area contributed by atoms with Crippen LogP contribution in [0.3, 0.4) is 0 Å². The fourth-order valence-corrected chi connectivity index (χ4v) is 4.65. The molecule has 1 aliphatic heterocycles. The Morgan fingerprint density at radius 3 is 3.00 bits per heavy atom. The fraction of sp³-hybridized carbons (Fsp3) is 0.353. The molecule has 2 aromatic heterocycles. The molecule has 1 saturated heterocycles. The molecule has 5 nitrogen and oxygen atoms in total. The van der Waals surface area contributed by atoms with Gasteiger partial charge in [0.1, 0.15) is 0 Å². The third-order valence-corrected chi connectivity index (χ3v) is 6.12. The van der Waals surface area contributed by atoms with Crippen molar-refractivity contribution in [3.05, 3.63) is 35.3 Å². The Kier molecular flexibility index (Phi) is 4.20. The normalized spacial score (nSPS) is 18.0. The van der Waals surface area contributed by atoms with Gasteiger partial charge in [0, 0.05) is 24.2 Å². The molecule has 1 amide bonds. The number of hydrogen-bond donors (Lipinski definition) is 1. The van der Waals surface area contributed by atoms with Crippen molar-refractivity contribution in [1.82, 2.24) is 9.97 Å². The van der Waals surface area contributed by atoms with Crippen LogP contribution in [0.5, 0.6) is 0 Å². The standard InChI is InChI=1S/C17H18N4OS2/c1-11-9-18-16(23-11)20-15(22)12-5-4-8-21(10-12)17-19-13-6-2-3-7-14(13)24-17/h2-3,6-7,9,12H,4-5,8,10H2,1H3,(H,18,20,22)/t12-/m0/s1.